The SMILES string of the molecule is Oc1nnc(OC(F)(F)F)cc1I. The molecule has 13 heavy (non-hydrogen) atoms. The Labute approximate surface area is 83.9 Å². The molecule has 0 saturated carbocycles. The molecule has 1 aromatic heterocycles. The standard InChI is InChI=1S/C5H2F3IN2O2/c6-5(7,8)13-3-1-2(9)4(12)11-10-3/h1H,(H,11,12). The minimum atomic E-state index is -4.80. The second-order valence-corrected chi connectivity index (χ2v) is 3.06. The molecular weight excluding hydrogens is 304 g/mol. The van der Waals surface area contributed by atoms with Crippen molar-refractivity contribution in [2.75, 3.05) is 0 Å². The van der Waals surface area contributed by atoms with Crippen LogP contribution in [0.15, 0.2) is 6.07 Å². The van der Waals surface area contributed by atoms with Crippen LogP contribution in [0.5, 0.6) is 11.8 Å². The third-order valence-corrected chi connectivity index (χ3v) is 1.72. The zero-order valence-electron chi connectivity index (χ0n) is 5.84. The summed E-state index contributed by atoms with van der Waals surface area (Å²) in [5, 5.41) is 14.8. The van der Waals surface area contributed by atoms with Crippen LogP contribution >= 0.6 is 22.6 Å². The average molecular weight is 306 g/mol. The highest BCUT2D eigenvalue weighted by Gasteiger charge is 2.32. The van der Waals surface area contributed by atoms with E-state index in [1.807, 2.05) is 0 Å². The summed E-state index contributed by atoms with van der Waals surface area (Å²) in [7, 11) is 0. The minimum Gasteiger partial charge on any atom is -0.491 e. The van der Waals surface area contributed by atoms with Crippen LogP contribution in [0.25, 0.3) is 0 Å². The van der Waals surface area contributed by atoms with Gasteiger partial charge in [-0.25, -0.2) is 0 Å². The van der Waals surface area contributed by atoms with Crippen LogP contribution in [0, 0.1) is 3.57 Å². The molecule has 0 atom stereocenters. The lowest BCUT2D eigenvalue weighted by atomic mass is 10.5. The number of alkyl halides is 3. The number of hydrogen-bond acceptors (Lipinski definition) is 4. The third kappa shape index (κ3) is 3.20. The summed E-state index contributed by atoms with van der Waals surface area (Å²) in [6.45, 7) is 0. The Hall–Kier alpha value is -0.800. The lowest BCUT2D eigenvalue weighted by Crippen LogP contribution is -2.18. The molecule has 1 aromatic rings. The summed E-state index contributed by atoms with van der Waals surface area (Å²) < 4.78 is 38.4. The fourth-order valence-electron chi connectivity index (χ4n) is 0.515. The van der Waals surface area contributed by atoms with Gasteiger partial charge in [-0.3, -0.25) is 0 Å². The van der Waals surface area contributed by atoms with Crippen LogP contribution in [-0.4, -0.2) is 21.7 Å². The van der Waals surface area contributed by atoms with Gasteiger partial charge in [0.2, 0.25) is 11.8 Å². The number of nitrogens with zero attached hydrogens (tertiary/aromatic N) is 2. The molecule has 0 unspecified atom stereocenters. The van der Waals surface area contributed by atoms with Crippen LogP contribution in [0.4, 0.5) is 13.2 Å². The molecule has 1 heterocycles. The fourth-order valence-corrected chi connectivity index (χ4v) is 0.889. The van der Waals surface area contributed by atoms with Gasteiger partial charge in [0.15, 0.2) is 0 Å². The molecule has 0 radical (unpaired) electrons. The first-order valence-electron chi connectivity index (χ1n) is 2.86. The third-order valence-electron chi connectivity index (χ3n) is 0.927. The minimum absolute atomic E-state index is 0.131. The van der Waals surface area contributed by atoms with E-state index in [1.54, 1.807) is 22.6 Å². The van der Waals surface area contributed by atoms with Crippen LogP contribution in [0.1, 0.15) is 0 Å². The van der Waals surface area contributed by atoms with Crippen molar-refractivity contribution in [3.8, 4) is 11.8 Å². The largest absolute Gasteiger partial charge is 0.574 e. The Morgan fingerprint density at radius 2 is 2.00 bits per heavy atom. The highest BCUT2D eigenvalue weighted by atomic mass is 127. The van der Waals surface area contributed by atoms with Gasteiger partial charge in [-0.15, -0.1) is 23.4 Å². The number of hydrogen-bond donors (Lipinski definition) is 1. The monoisotopic (exact) mass is 306 g/mol. The number of rotatable bonds is 1. The quantitative estimate of drug-likeness (QED) is 0.802. The van der Waals surface area contributed by atoms with Gasteiger partial charge in [-0.1, -0.05) is 0 Å². The fraction of sp³-hybridized carbons (Fsp3) is 0.200. The Kier molecular flexibility index (Phi) is 2.78. The van der Waals surface area contributed by atoms with Crippen molar-refractivity contribution >= 4 is 22.6 Å². The molecule has 0 aliphatic rings. The molecule has 0 aromatic carbocycles. The van der Waals surface area contributed by atoms with E-state index < -0.39 is 18.1 Å². The molecule has 0 aliphatic heterocycles. The Balaban J connectivity index is 2.86. The highest BCUT2D eigenvalue weighted by Crippen LogP contribution is 2.24. The molecule has 0 fully saturated rings. The van der Waals surface area contributed by atoms with Gasteiger partial charge in [-0.2, -0.15) is 0 Å². The van der Waals surface area contributed by atoms with Crippen LogP contribution in [0.2, 0.25) is 0 Å². The molecule has 0 saturated heterocycles. The van der Waals surface area contributed by atoms with E-state index in [1.165, 1.54) is 0 Å². The van der Waals surface area contributed by atoms with Crippen molar-refractivity contribution in [1.82, 2.24) is 10.2 Å². The summed E-state index contributed by atoms with van der Waals surface area (Å²) in [4.78, 5) is 0. The second kappa shape index (κ2) is 3.52. The van der Waals surface area contributed by atoms with Crippen molar-refractivity contribution in [2.24, 2.45) is 0 Å². The van der Waals surface area contributed by atoms with Gasteiger partial charge >= 0.3 is 6.36 Å². The maximum absolute atomic E-state index is 11.6. The predicted molar refractivity (Wildman–Crippen MR) is 43.1 cm³/mol. The Morgan fingerprint density at radius 3 is 2.46 bits per heavy atom. The number of aromatic nitrogens is 2. The van der Waals surface area contributed by atoms with Crippen LogP contribution < -0.4 is 4.74 Å². The van der Waals surface area contributed by atoms with Gasteiger partial charge in [-0.05, 0) is 22.6 Å². The van der Waals surface area contributed by atoms with E-state index in [0.29, 0.717) is 0 Å². The number of aromatic hydroxyl groups is 1. The predicted octanol–water partition coefficient (Wildman–Crippen LogP) is 1.69. The first-order chi connectivity index (χ1) is 5.88. The smallest absolute Gasteiger partial charge is 0.491 e. The summed E-state index contributed by atoms with van der Waals surface area (Å²) in [5.41, 5.74) is 0. The zero-order valence-corrected chi connectivity index (χ0v) is 8.00. The van der Waals surface area contributed by atoms with Crippen LogP contribution in [-0.2, 0) is 0 Å². The molecule has 0 aliphatic carbocycles. The zero-order chi connectivity index (χ0) is 10.1. The summed E-state index contributed by atoms with van der Waals surface area (Å²) in [5.74, 6) is -1.13. The Morgan fingerprint density at radius 1 is 1.38 bits per heavy atom. The normalized spacial score (nSPS) is 11.4. The number of ether oxygens (including phenoxy) is 1. The van der Waals surface area contributed by atoms with Gasteiger partial charge in [0.1, 0.15) is 0 Å². The summed E-state index contributed by atoms with van der Waals surface area (Å²) >= 11 is 1.60. The topological polar surface area (TPSA) is 55.2 Å². The van der Waals surface area contributed by atoms with Crippen molar-refractivity contribution in [2.45, 2.75) is 6.36 Å². The first kappa shape index (κ1) is 10.3. The van der Waals surface area contributed by atoms with E-state index in [2.05, 4.69) is 14.9 Å². The lowest BCUT2D eigenvalue weighted by molar-refractivity contribution is -0.276. The highest BCUT2D eigenvalue weighted by molar-refractivity contribution is 14.1. The first-order valence-corrected chi connectivity index (χ1v) is 3.94. The van der Waals surface area contributed by atoms with E-state index >= 15 is 0 Å². The van der Waals surface area contributed by atoms with Gasteiger partial charge < -0.3 is 9.84 Å². The molecule has 72 valence electrons. The summed E-state index contributed by atoms with van der Waals surface area (Å²) in [6, 6.07) is 0.927. The summed E-state index contributed by atoms with van der Waals surface area (Å²) in [6.07, 6.45) is -4.80. The van der Waals surface area contributed by atoms with E-state index in [0.717, 1.165) is 6.07 Å². The molecule has 0 bridgehead atoms. The van der Waals surface area contributed by atoms with Gasteiger partial charge in [0.05, 0.1) is 3.57 Å². The Bertz CT molecular complexity index is 317. The molecule has 8 heteroatoms. The lowest BCUT2D eigenvalue weighted by Gasteiger charge is -2.06. The molecule has 0 amide bonds. The van der Waals surface area contributed by atoms with E-state index in [4.69, 9.17) is 5.11 Å². The van der Waals surface area contributed by atoms with Gasteiger partial charge in [0, 0.05) is 6.07 Å². The maximum atomic E-state index is 11.6. The van der Waals surface area contributed by atoms with Crippen molar-refractivity contribution < 1.29 is 23.0 Å². The molecule has 1 rings (SSSR count). The van der Waals surface area contributed by atoms with E-state index in [9.17, 15) is 13.2 Å². The van der Waals surface area contributed by atoms with E-state index in [-0.39, 0.29) is 3.57 Å². The molecular formula is C5H2F3IN2O2. The van der Waals surface area contributed by atoms with Crippen molar-refractivity contribution in [1.29, 1.82) is 0 Å². The van der Waals surface area contributed by atoms with Crippen molar-refractivity contribution in [3.05, 3.63) is 9.64 Å². The van der Waals surface area contributed by atoms with Crippen LogP contribution in [0.3, 0.4) is 0 Å². The van der Waals surface area contributed by atoms with Crippen molar-refractivity contribution in [3.63, 3.8) is 0 Å². The molecule has 4 nitrogen and oxygen atoms in total. The molecule has 1 N–H and O–H groups in total. The average Bonchev–Trinajstić information content (AvgIpc) is 1.94. The van der Waals surface area contributed by atoms with Gasteiger partial charge in [0.25, 0.3) is 0 Å². The second-order valence-electron chi connectivity index (χ2n) is 1.90. The molecule has 0 spiro atoms. The maximum Gasteiger partial charge on any atom is 0.574 e. The number of halogens is 4.